The third-order valence-electron chi connectivity index (χ3n) is 5.04. The zero-order valence-corrected chi connectivity index (χ0v) is 19.2. The highest BCUT2D eigenvalue weighted by Gasteiger charge is 2.13. The number of halogens is 3. The summed E-state index contributed by atoms with van der Waals surface area (Å²) in [6, 6.07) is 18.3. The largest absolute Gasteiger partial charge is 0.465 e. The molecule has 0 fully saturated rings. The van der Waals surface area contributed by atoms with E-state index in [0.717, 1.165) is 21.7 Å². The molecule has 166 valence electrons. The molecule has 7 heteroatoms. The molecule has 0 amide bonds. The van der Waals surface area contributed by atoms with E-state index in [0.29, 0.717) is 23.6 Å². The Morgan fingerprint density at radius 1 is 1.03 bits per heavy atom. The van der Waals surface area contributed by atoms with Crippen LogP contribution in [0.25, 0.3) is 23.4 Å². The lowest BCUT2D eigenvalue weighted by molar-refractivity contribution is 0.0600. The first-order chi connectivity index (χ1) is 15.9. The molecule has 0 aliphatic heterocycles. The third kappa shape index (κ3) is 5.43. The second-order valence-corrected chi connectivity index (χ2v) is 8.23. The quantitative estimate of drug-likeness (QED) is 0.275. The van der Waals surface area contributed by atoms with Crippen LogP contribution in [0.5, 0.6) is 0 Å². The van der Waals surface area contributed by atoms with Crippen LogP contribution in [0.1, 0.15) is 27.3 Å². The zero-order valence-electron chi connectivity index (χ0n) is 17.6. The fourth-order valence-corrected chi connectivity index (χ4v) is 3.59. The minimum absolute atomic E-state index is 0.217. The van der Waals surface area contributed by atoms with Gasteiger partial charge in [0.25, 0.3) is 0 Å². The Hall–Kier alpha value is -3.58. The van der Waals surface area contributed by atoms with Gasteiger partial charge >= 0.3 is 5.97 Å². The van der Waals surface area contributed by atoms with Gasteiger partial charge in [0.1, 0.15) is 17.5 Å². The van der Waals surface area contributed by atoms with Crippen molar-refractivity contribution in [1.82, 2.24) is 9.55 Å². The summed E-state index contributed by atoms with van der Waals surface area (Å²) >= 11 is 3.42. The summed E-state index contributed by atoms with van der Waals surface area (Å²) in [7, 11) is 1.34. The van der Waals surface area contributed by atoms with Crippen molar-refractivity contribution < 1.29 is 18.3 Å². The third-order valence-corrected chi connectivity index (χ3v) is 5.57. The summed E-state index contributed by atoms with van der Waals surface area (Å²) in [6.45, 7) is 0.442. The van der Waals surface area contributed by atoms with Crippen LogP contribution in [-0.2, 0) is 11.3 Å². The van der Waals surface area contributed by atoms with E-state index in [-0.39, 0.29) is 5.56 Å². The van der Waals surface area contributed by atoms with Gasteiger partial charge in [0.2, 0.25) is 0 Å². The normalized spacial score (nSPS) is 11.2. The van der Waals surface area contributed by atoms with Gasteiger partial charge < -0.3 is 9.30 Å². The zero-order chi connectivity index (χ0) is 23.4. The Bertz CT molecular complexity index is 1310. The van der Waals surface area contributed by atoms with Crippen molar-refractivity contribution in [1.29, 1.82) is 0 Å². The number of ether oxygens (including phenoxy) is 1. The lowest BCUT2D eigenvalue weighted by Gasteiger charge is -2.06. The van der Waals surface area contributed by atoms with Crippen LogP contribution in [0.3, 0.4) is 0 Å². The molecule has 0 unspecified atom stereocenters. The van der Waals surface area contributed by atoms with Gasteiger partial charge in [0.05, 0.1) is 18.4 Å². The molecule has 0 radical (unpaired) electrons. The van der Waals surface area contributed by atoms with E-state index in [9.17, 15) is 13.6 Å². The number of benzene rings is 3. The average molecular weight is 509 g/mol. The Balaban J connectivity index is 1.69. The molecule has 1 heterocycles. The molecule has 0 saturated carbocycles. The summed E-state index contributed by atoms with van der Waals surface area (Å²) in [5, 5.41) is 0. The molecular formula is C26H19BrF2N2O2. The first-order valence-corrected chi connectivity index (χ1v) is 10.9. The van der Waals surface area contributed by atoms with Crippen molar-refractivity contribution in [2.75, 3.05) is 7.11 Å². The molecule has 0 spiro atoms. The predicted octanol–water partition coefficient (Wildman–Crippen LogP) is 6.60. The van der Waals surface area contributed by atoms with E-state index in [2.05, 4.69) is 20.9 Å². The van der Waals surface area contributed by atoms with Crippen molar-refractivity contribution in [2.24, 2.45) is 0 Å². The number of esters is 1. The maximum absolute atomic E-state index is 14.4. The van der Waals surface area contributed by atoms with Gasteiger partial charge in [0.15, 0.2) is 0 Å². The SMILES string of the molecule is COC(=O)c1ccc(Cn2cc(-c3ccc(F)cc3F)nc2C=Cc2ccc(Br)cc2)cc1. The van der Waals surface area contributed by atoms with E-state index in [4.69, 9.17) is 4.74 Å². The van der Waals surface area contributed by atoms with E-state index in [1.807, 2.05) is 53.1 Å². The number of nitrogens with zero attached hydrogens (tertiary/aromatic N) is 2. The second kappa shape index (κ2) is 9.92. The predicted molar refractivity (Wildman–Crippen MR) is 128 cm³/mol. The van der Waals surface area contributed by atoms with Crippen LogP contribution in [-0.4, -0.2) is 22.6 Å². The number of aromatic nitrogens is 2. The minimum Gasteiger partial charge on any atom is -0.465 e. The summed E-state index contributed by atoms with van der Waals surface area (Å²) in [4.78, 5) is 16.3. The summed E-state index contributed by atoms with van der Waals surface area (Å²) < 4.78 is 35.4. The van der Waals surface area contributed by atoms with Gasteiger partial charge in [-0.15, -0.1) is 0 Å². The van der Waals surface area contributed by atoms with Crippen LogP contribution in [0.2, 0.25) is 0 Å². The molecule has 4 aromatic rings. The second-order valence-electron chi connectivity index (χ2n) is 7.31. The molecule has 4 rings (SSSR count). The Kier molecular flexibility index (Phi) is 6.79. The van der Waals surface area contributed by atoms with Crippen molar-refractivity contribution >= 4 is 34.1 Å². The minimum atomic E-state index is -0.675. The number of carbonyl (C=O) groups is 1. The molecule has 0 bridgehead atoms. The van der Waals surface area contributed by atoms with Crippen molar-refractivity contribution in [2.45, 2.75) is 6.54 Å². The molecular weight excluding hydrogens is 490 g/mol. The first-order valence-electron chi connectivity index (χ1n) is 10.1. The van der Waals surface area contributed by atoms with E-state index < -0.39 is 17.6 Å². The molecule has 0 aliphatic rings. The number of hydrogen-bond acceptors (Lipinski definition) is 3. The Morgan fingerprint density at radius 3 is 2.42 bits per heavy atom. The first kappa shape index (κ1) is 22.6. The fraction of sp³-hybridized carbons (Fsp3) is 0.0769. The van der Waals surface area contributed by atoms with E-state index >= 15 is 0 Å². The summed E-state index contributed by atoms with van der Waals surface area (Å²) in [5.74, 6) is -1.12. The fourth-order valence-electron chi connectivity index (χ4n) is 3.32. The van der Waals surface area contributed by atoms with E-state index in [1.54, 1.807) is 18.3 Å². The van der Waals surface area contributed by atoms with Gasteiger partial charge in [-0.3, -0.25) is 0 Å². The average Bonchev–Trinajstić information content (AvgIpc) is 3.20. The number of imidazole rings is 1. The van der Waals surface area contributed by atoms with Crippen LogP contribution in [0, 0.1) is 11.6 Å². The molecule has 4 nitrogen and oxygen atoms in total. The monoisotopic (exact) mass is 508 g/mol. The van der Waals surface area contributed by atoms with Crippen LogP contribution in [0.4, 0.5) is 8.78 Å². The topological polar surface area (TPSA) is 44.1 Å². The van der Waals surface area contributed by atoms with Crippen LogP contribution >= 0.6 is 15.9 Å². The van der Waals surface area contributed by atoms with E-state index in [1.165, 1.54) is 19.2 Å². The number of carbonyl (C=O) groups excluding carboxylic acids is 1. The number of hydrogen-bond donors (Lipinski definition) is 0. The molecule has 1 aromatic heterocycles. The molecule has 33 heavy (non-hydrogen) atoms. The van der Waals surface area contributed by atoms with Crippen molar-refractivity contribution in [3.63, 3.8) is 0 Å². The number of rotatable bonds is 6. The maximum Gasteiger partial charge on any atom is 0.337 e. The Labute approximate surface area is 198 Å². The van der Waals surface area contributed by atoms with Gasteiger partial charge in [-0.05, 0) is 53.6 Å². The van der Waals surface area contributed by atoms with Crippen LogP contribution in [0.15, 0.2) is 77.4 Å². The standard InChI is InChI=1S/C26H19BrF2N2O2/c1-33-26(32)19-7-2-18(3-8-19)15-31-16-24(22-12-11-21(28)14-23(22)29)30-25(31)13-6-17-4-9-20(27)10-5-17/h2-14,16H,15H2,1H3. The Morgan fingerprint density at radius 2 is 1.76 bits per heavy atom. The smallest absolute Gasteiger partial charge is 0.337 e. The van der Waals surface area contributed by atoms with Gasteiger partial charge in [-0.2, -0.15) is 0 Å². The molecule has 3 aromatic carbocycles. The van der Waals surface area contributed by atoms with Gasteiger partial charge in [0, 0.05) is 28.8 Å². The molecule has 0 atom stereocenters. The highest BCUT2D eigenvalue weighted by molar-refractivity contribution is 9.10. The van der Waals surface area contributed by atoms with Crippen molar-refractivity contribution in [3.05, 3.63) is 112 Å². The maximum atomic E-state index is 14.4. The highest BCUT2D eigenvalue weighted by atomic mass is 79.9. The van der Waals surface area contributed by atoms with Gasteiger partial charge in [-0.1, -0.05) is 46.3 Å². The highest BCUT2D eigenvalue weighted by Crippen LogP contribution is 2.25. The number of methoxy groups -OCH3 is 1. The van der Waals surface area contributed by atoms with Crippen molar-refractivity contribution in [3.8, 4) is 11.3 Å². The lowest BCUT2D eigenvalue weighted by Crippen LogP contribution is -2.03. The summed E-state index contributed by atoms with van der Waals surface area (Å²) in [5.41, 5.74) is 2.97. The lowest BCUT2D eigenvalue weighted by atomic mass is 10.1. The molecule has 0 aliphatic carbocycles. The molecule has 0 N–H and O–H groups in total. The van der Waals surface area contributed by atoms with Gasteiger partial charge in [-0.25, -0.2) is 18.6 Å². The van der Waals surface area contributed by atoms with Crippen LogP contribution < -0.4 is 0 Å². The summed E-state index contributed by atoms with van der Waals surface area (Å²) in [6.07, 6.45) is 5.49. The molecule has 0 saturated heterocycles.